The molecule has 25 heavy (non-hydrogen) atoms. The minimum Gasteiger partial charge on any atom is -0.346 e. The predicted molar refractivity (Wildman–Crippen MR) is 95.9 cm³/mol. The van der Waals surface area contributed by atoms with Crippen LogP contribution >= 0.6 is 0 Å². The highest BCUT2D eigenvalue weighted by atomic mass is 32.2. The van der Waals surface area contributed by atoms with Gasteiger partial charge in [-0.3, -0.25) is 0 Å². The maximum atomic E-state index is 12.1. The van der Waals surface area contributed by atoms with E-state index >= 15 is 0 Å². The van der Waals surface area contributed by atoms with Gasteiger partial charge < -0.3 is 9.55 Å². The van der Waals surface area contributed by atoms with E-state index in [4.69, 9.17) is 4.98 Å². The van der Waals surface area contributed by atoms with Gasteiger partial charge in [0.2, 0.25) is 10.0 Å². The number of sulfonamides is 1. The number of aromatic nitrogens is 4. The van der Waals surface area contributed by atoms with Crippen molar-refractivity contribution in [3.8, 4) is 0 Å². The van der Waals surface area contributed by atoms with Gasteiger partial charge in [0.25, 0.3) is 0 Å². The van der Waals surface area contributed by atoms with Crippen molar-refractivity contribution >= 4 is 32.1 Å². The first-order valence-electron chi connectivity index (χ1n) is 8.70. The summed E-state index contributed by atoms with van der Waals surface area (Å²) in [6.07, 6.45) is 6.85. The van der Waals surface area contributed by atoms with Crippen LogP contribution in [0.3, 0.4) is 0 Å². The summed E-state index contributed by atoms with van der Waals surface area (Å²) in [7, 11) is -3.18. The molecule has 3 fully saturated rings. The van der Waals surface area contributed by atoms with Crippen LogP contribution < -0.4 is 4.72 Å². The van der Waals surface area contributed by atoms with E-state index in [1.165, 1.54) is 0 Å². The average molecular weight is 359 g/mol. The van der Waals surface area contributed by atoms with Crippen LogP contribution in [0.15, 0.2) is 18.5 Å². The van der Waals surface area contributed by atoms with Crippen molar-refractivity contribution < 1.29 is 8.42 Å². The summed E-state index contributed by atoms with van der Waals surface area (Å²) >= 11 is 0. The number of nitrogens with one attached hydrogen (secondary N) is 2. The minimum absolute atomic E-state index is 0.0148. The molecule has 0 atom stereocenters. The highest BCUT2D eigenvalue weighted by Crippen LogP contribution is 2.66. The SMILES string of the molecule is CCCS(=O)(=O)NC12CC(n3c(C)nc4cnc5[nH]ccc5c43)(C1)C2. The summed E-state index contributed by atoms with van der Waals surface area (Å²) < 4.78 is 29.5. The number of imidazole rings is 1. The number of fused-ring (bicyclic) bond motifs is 3. The molecule has 0 amide bonds. The second-order valence-electron chi connectivity index (χ2n) is 7.68. The maximum Gasteiger partial charge on any atom is 0.212 e. The van der Waals surface area contributed by atoms with Crippen molar-refractivity contribution in [3.05, 3.63) is 24.3 Å². The van der Waals surface area contributed by atoms with Crippen molar-refractivity contribution in [2.45, 2.75) is 50.6 Å². The second kappa shape index (κ2) is 4.62. The Balaban J connectivity index is 1.53. The zero-order valence-electron chi connectivity index (χ0n) is 14.3. The van der Waals surface area contributed by atoms with Gasteiger partial charge in [0.05, 0.1) is 23.0 Å². The lowest BCUT2D eigenvalue weighted by molar-refractivity contribution is -0.123. The van der Waals surface area contributed by atoms with E-state index in [9.17, 15) is 8.42 Å². The third-order valence-corrected chi connectivity index (χ3v) is 7.38. The second-order valence-corrected chi connectivity index (χ2v) is 9.52. The average Bonchev–Trinajstić information content (AvgIpc) is 3.04. The monoisotopic (exact) mass is 359 g/mol. The Morgan fingerprint density at radius 3 is 2.84 bits per heavy atom. The van der Waals surface area contributed by atoms with E-state index in [0.717, 1.165) is 47.2 Å². The molecular weight excluding hydrogens is 338 g/mol. The van der Waals surface area contributed by atoms with Crippen molar-refractivity contribution in [2.75, 3.05) is 5.75 Å². The van der Waals surface area contributed by atoms with Crippen molar-refractivity contribution in [3.63, 3.8) is 0 Å². The third kappa shape index (κ3) is 1.98. The molecule has 0 radical (unpaired) electrons. The Morgan fingerprint density at radius 1 is 1.36 bits per heavy atom. The van der Waals surface area contributed by atoms with Gasteiger partial charge >= 0.3 is 0 Å². The molecule has 8 heteroatoms. The molecule has 3 aromatic heterocycles. The van der Waals surface area contributed by atoms with E-state index in [2.05, 4.69) is 19.3 Å². The fourth-order valence-electron chi connectivity index (χ4n) is 5.00. The van der Waals surface area contributed by atoms with Crippen molar-refractivity contribution in [1.29, 1.82) is 0 Å². The topological polar surface area (TPSA) is 92.7 Å². The summed E-state index contributed by atoms with van der Waals surface area (Å²) in [6.45, 7) is 3.91. The van der Waals surface area contributed by atoms with Crippen LogP contribution in [-0.2, 0) is 15.6 Å². The zero-order valence-corrected chi connectivity index (χ0v) is 15.2. The van der Waals surface area contributed by atoms with Gasteiger partial charge in [-0.25, -0.2) is 23.1 Å². The number of pyridine rings is 1. The molecule has 6 rings (SSSR count). The van der Waals surface area contributed by atoms with E-state index < -0.39 is 10.0 Å². The summed E-state index contributed by atoms with van der Waals surface area (Å²) in [5.41, 5.74) is 2.60. The molecule has 3 heterocycles. The lowest BCUT2D eigenvalue weighted by atomic mass is 9.44. The number of aryl methyl sites for hydroxylation is 1. The maximum absolute atomic E-state index is 12.1. The first-order valence-corrected chi connectivity index (χ1v) is 10.4. The Hall–Kier alpha value is -1.93. The highest BCUT2D eigenvalue weighted by molar-refractivity contribution is 7.89. The molecular formula is C17H21N5O2S. The number of nitrogens with zero attached hydrogens (tertiary/aromatic N) is 3. The summed E-state index contributed by atoms with van der Waals surface area (Å²) in [6, 6.07) is 2.04. The van der Waals surface area contributed by atoms with Gasteiger partial charge in [-0.15, -0.1) is 0 Å². The number of hydrogen-bond acceptors (Lipinski definition) is 4. The standard InChI is InChI=1S/C17H21N5O2S/c1-3-6-25(23,24)21-16-8-17(9-16,10-16)22-11(2)20-13-7-19-15-12(14(13)22)4-5-18-15/h4-5,7,21H,3,6,8-10H2,1-2H3,(H,18,19). The Labute approximate surface area is 145 Å². The Morgan fingerprint density at radius 2 is 2.12 bits per heavy atom. The fourth-order valence-corrected chi connectivity index (χ4v) is 6.51. The Kier molecular flexibility index (Phi) is 2.83. The molecule has 132 valence electrons. The van der Waals surface area contributed by atoms with Crippen LogP contribution in [0.2, 0.25) is 0 Å². The molecule has 3 saturated carbocycles. The molecule has 7 nitrogen and oxygen atoms in total. The Bertz CT molecular complexity index is 1090. The first-order chi connectivity index (χ1) is 11.9. The number of rotatable bonds is 5. The summed E-state index contributed by atoms with van der Waals surface area (Å²) in [4.78, 5) is 12.3. The van der Waals surface area contributed by atoms with E-state index in [1.54, 1.807) is 0 Å². The minimum atomic E-state index is -3.18. The van der Waals surface area contributed by atoms with Crippen LogP contribution in [0.4, 0.5) is 0 Å². The number of H-pyrrole nitrogens is 1. The van der Waals surface area contributed by atoms with E-state index in [1.807, 2.05) is 32.3 Å². The van der Waals surface area contributed by atoms with Crippen LogP contribution in [0, 0.1) is 6.92 Å². The largest absolute Gasteiger partial charge is 0.346 e. The number of aromatic amines is 1. The molecule has 0 aromatic carbocycles. The summed E-state index contributed by atoms with van der Waals surface area (Å²) in [5.74, 6) is 1.17. The highest BCUT2D eigenvalue weighted by Gasteiger charge is 2.70. The summed E-state index contributed by atoms with van der Waals surface area (Å²) in [5, 5.41) is 1.07. The van der Waals surface area contributed by atoms with E-state index in [-0.39, 0.29) is 16.8 Å². The van der Waals surface area contributed by atoms with E-state index in [0.29, 0.717) is 6.42 Å². The van der Waals surface area contributed by atoms with Crippen LogP contribution in [0.5, 0.6) is 0 Å². The quantitative estimate of drug-likeness (QED) is 0.730. The molecule has 0 spiro atoms. The van der Waals surface area contributed by atoms with Crippen molar-refractivity contribution in [2.24, 2.45) is 0 Å². The van der Waals surface area contributed by atoms with Gasteiger partial charge in [-0.2, -0.15) is 0 Å². The molecule has 0 unspecified atom stereocenters. The number of hydrogen-bond donors (Lipinski definition) is 2. The van der Waals surface area contributed by atoms with Crippen LogP contribution in [0.25, 0.3) is 22.1 Å². The molecule has 0 aliphatic heterocycles. The van der Waals surface area contributed by atoms with Crippen molar-refractivity contribution in [1.82, 2.24) is 24.2 Å². The first kappa shape index (κ1) is 15.3. The molecule has 2 N–H and O–H groups in total. The van der Waals surface area contributed by atoms with Gasteiger partial charge in [0.1, 0.15) is 17.0 Å². The van der Waals surface area contributed by atoms with Gasteiger partial charge in [-0.05, 0) is 38.7 Å². The lowest BCUT2D eigenvalue weighted by Gasteiger charge is -2.70. The fraction of sp³-hybridized carbons (Fsp3) is 0.529. The molecule has 3 aliphatic rings. The lowest BCUT2D eigenvalue weighted by Crippen LogP contribution is -2.78. The zero-order chi connectivity index (χ0) is 17.4. The molecule has 3 aromatic rings. The molecule has 2 bridgehead atoms. The van der Waals surface area contributed by atoms with Gasteiger partial charge in [0, 0.05) is 17.1 Å². The predicted octanol–water partition coefficient (Wildman–Crippen LogP) is 2.18. The smallest absolute Gasteiger partial charge is 0.212 e. The molecule has 0 saturated heterocycles. The third-order valence-electron chi connectivity index (χ3n) is 5.69. The van der Waals surface area contributed by atoms with Gasteiger partial charge in [0.15, 0.2) is 0 Å². The van der Waals surface area contributed by atoms with Gasteiger partial charge in [-0.1, -0.05) is 6.92 Å². The van der Waals surface area contributed by atoms with Crippen LogP contribution in [-0.4, -0.2) is 39.2 Å². The molecule has 3 aliphatic carbocycles. The van der Waals surface area contributed by atoms with Crippen LogP contribution in [0.1, 0.15) is 38.4 Å². The normalized spacial score (nSPS) is 28.2.